The first-order valence-electron chi connectivity index (χ1n) is 6.50. The second-order valence-corrected chi connectivity index (χ2v) is 5.03. The van der Waals surface area contributed by atoms with Crippen LogP contribution in [-0.4, -0.2) is 17.7 Å². The van der Waals surface area contributed by atoms with Gasteiger partial charge in [-0.25, -0.2) is 9.59 Å². The highest BCUT2D eigenvalue weighted by molar-refractivity contribution is 5.86. The summed E-state index contributed by atoms with van der Waals surface area (Å²) in [6.07, 6.45) is 0. The van der Waals surface area contributed by atoms with Crippen molar-refractivity contribution in [2.24, 2.45) is 0 Å². The van der Waals surface area contributed by atoms with E-state index >= 15 is 0 Å². The van der Waals surface area contributed by atoms with Crippen LogP contribution in [0, 0.1) is 0 Å². The van der Waals surface area contributed by atoms with Gasteiger partial charge in [-0.15, -0.1) is 0 Å². The van der Waals surface area contributed by atoms with E-state index in [9.17, 15) is 9.59 Å². The molecule has 5 nitrogen and oxygen atoms in total. The van der Waals surface area contributed by atoms with Gasteiger partial charge < -0.3 is 14.3 Å². The summed E-state index contributed by atoms with van der Waals surface area (Å²) in [6, 6.07) is 6.58. The molecule has 0 aliphatic heterocycles. The summed E-state index contributed by atoms with van der Waals surface area (Å²) in [6.45, 7) is 7.25. The van der Waals surface area contributed by atoms with Crippen molar-refractivity contribution >= 4 is 16.9 Å². The summed E-state index contributed by atoms with van der Waals surface area (Å²) in [7, 11) is 0. The smallest absolute Gasteiger partial charge is 0.336 e. The molecule has 2 aromatic rings. The van der Waals surface area contributed by atoms with Gasteiger partial charge in [-0.3, -0.25) is 0 Å². The molecule has 1 heterocycles. The van der Waals surface area contributed by atoms with Gasteiger partial charge in [0.15, 0.2) is 0 Å². The fourth-order valence-corrected chi connectivity index (χ4v) is 1.97. The first-order valence-corrected chi connectivity index (χ1v) is 6.50. The average Bonchev–Trinajstić information content (AvgIpc) is 2.42. The zero-order chi connectivity index (χ0) is 15.6. The van der Waals surface area contributed by atoms with Crippen LogP contribution in [0.4, 0.5) is 0 Å². The maximum absolute atomic E-state index is 11.6. The molecule has 1 aromatic heterocycles. The van der Waals surface area contributed by atoms with Gasteiger partial charge in [0, 0.05) is 17.5 Å². The SMILES string of the molecule is C=C(COc1ccc2c(C(C)C)cc(=O)oc2c1)C(=O)O. The van der Waals surface area contributed by atoms with Gasteiger partial charge in [0.05, 0.1) is 5.57 Å². The van der Waals surface area contributed by atoms with Gasteiger partial charge in [-0.1, -0.05) is 20.4 Å². The standard InChI is InChI=1S/C16H16O5/c1-9(2)13-7-15(17)21-14-6-11(4-5-12(13)14)20-8-10(3)16(18)19/h4-7,9H,3,8H2,1-2H3,(H,18,19). The molecule has 0 bridgehead atoms. The zero-order valence-electron chi connectivity index (χ0n) is 11.9. The van der Waals surface area contributed by atoms with E-state index in [2.05, 4.69) is 6.58 Å². The van der Waals surface area contributed by atoms with Crippen LogP contribution in [0.5, 0.6) is 5.75 Å². The van der Waals surface area contributed by atoms with Crippen molar-refractivity contribution < 1.29 is 19.1 Å². The molecule has 2 rings (SSSR count). The largest absolute Gasteiger partial charge is 0.489 e. The highest BCUT2D eigenvalue weighted by atomic mass is 16.5. The van der Waals surface area contributed by atoms with Crippen molar-refractivity contribution in [2.75, 3.05) is 6.61 Å². The molecule has 0 radical (unpaired) electrons. The minimum absolute atomic E-state index is 0.0486. The lowest BCUT2D eigenvalue weighted by molar-refractivity contribution is -0.133. The molecule has 0 saturated carbocycles. The molecule has 0 saturated heterocycles. The Morgan fingerprint density at radius 3 is 2.71 bits per heavy atom. The number of benzene rings is 1. The maximum atomic E-state index is 11.6. The predicted molar refractivity (Wildman–Crippen MR) is 78.8 cm³/mol. The van der Waals surface area contributed by atoms with E-state index in [0.717, 1.165) is 10.9 Å². The molecule has 0 atom stereocenters. The van der Waals surface area contributed by atoms with Crippen LogP contribution in [0.2, 0.25) is 0 Å². The molecule has 110 valence electrons. The number of carbonyl (C=O) groups is 1. The van der Waals surface area contributed by atoms with Crippen LogP contribution >= 0.6 is 0 Å². The van der Waals surface area contributed by atoms with E-state index in [1.54, 1.807) is 18.2 Å². The van der Waals surface area contributed by atoms with Crippen LogP contribution in [-0.2, 0) is 4.79 Å². The van der Waals surface area contributed by atoms with Crippen LogP contribution < -0.4 is 10.4 Å². The molecule has 21 heavy (non-hydrogen) atoms. The normalized spacial score (nSPS) is 10.8. The monoisotopic (exact) mass is 288 g/mol. The quantitative estimate of drug-likeness (QED) is 0.676. The molecule has 0 amide bonds. The van der Waals surface area contributed by atoms with Crippen molar-refractivity contribution in [3.63, 3.8) is 0 Å². The predicted octanol–water partition coefficient (Wildman–Crippen LogP) is 2.94. The number of hydrogen-bond acceptors (Lipinski definition) is 4. The van der Waals surface area contributed by atoms with E-state index in [0.29, 0.717) is 11.3 Å². The Balaban J connectivity index is 2.36. The van der Waals surface area contributed by atoms with Gasteiger partial charge in [0.1, 0.15) is 17.9 Å². The lowest BCUT2D eigenvalue weighted by Crippen LogP contribution is -2.09. The van der Waals surface area contributed by atoms with Gasteiger partial charge in [-0.2, -0.15) is 0 Å². The average molecular weight is 288 g/mol. The van der Waals surface area contributed by atoms with Gasteiger partial charge in [0.2, 0.25) is 0 Å². The summed E-state index contributed by atoms with van der Waals surface area (Å²) < 4.78 is 10.5. The number of carboxylic acids is 1. The van der Waals surface area contributed by atoms with E-state index in [1.807, 2.05) is 13.8 Å². The van der Waals surface area contributed by atoms with Gasteiger partial charge in [-0.05, 0) is 23.6 Å². The molecule has 1 aromatic carbocycles. The van der Waals surface area contributed by atoms with Crippen LogP contribution in [0.3, 0.4) is 0 Å². The topological polar surface area (TPSA) is 76.7 Å². The van der Waals surface area contributed by atoms with E-state index in [4.69, 9.17) is 14.3 Å². The lowest BCUT2D eigenvalue weighted by Gasteiger charge is -2.10. The Labute approximate surface area is 121 Å². The second kappa shape index (κ2) is 5.83. The highest BCUT2D eigenvalue weighted by Crippen LogP contribution is 2.27. The maximum Gasteiger partial charge on any atom is 0.336 e. The van der Waals surface area contributed by atoms with Gasteiger partial charge in [0.25, 0.3) is 0 Å². The summed E-state index contributed by atoms with van der Waals surface area (Å²) in [4.78, 5) is 22.2. The number of ether oxygens (including phenoxy) is 1. The van der Waals surface area contributed by atoms with Crippen molar-refractivity contribution in [3.05, 3.63) is 52.4 Å². The Morgan fingerprint density at radius 1 is 1.38 bits per heavy atom. The Bertz CT molecular complexity index is 755. The third kappa shape index (κ3) is 3.31. The Morgan fingerprint density at radius 2 is 2.10 bits per heavy atom. The molecule has 0 spiro atoms. The minimum atomic E-state index is -1.11. The highest BCUT2D eigenvalue weighted by Gasteiger charge is 2.11. The molecular weight excluding hydrogens is 272 g/mol. The number of rotatable bonds is 5. The molecule has 0 aliphatic carbocycles. The number of aliphatic carboxylic acids is 1. The third-order valence-electron chi connectivity index (χ3n) is 3.09. The van der Waals surface area contributed by atoms with E-state index < -0.39 is 11.6 Å². The lowest BCUT2D eigenvalue weighted by atomic mass is 10.00. The first kappa shape index (κ1) is 14.8. The van der Waals surface area contributed by atoms with Gasteiger partial charge >= 0.3 is 11.6 Å². The van der Waals surface area contributed by atoms with E-state index in [-0.39, 0.29) is 18.1 Å². The summed E-state index contributed by atoms with van der Waals surface area (Å²) in [5.41, 5.74) is 0.859. The zero-order valence-corrected chi connectivity index (χ0v) is 11.9. The van der Waals surface area contributed by atoms with E-state index in [1.165, 1.54) is 6.07 Å². The summed E-state index contributed by atoms with van der Waals surface area (Å²) >= 11 is 0. The van der Waals surface area contributed by atoms with Crippen molar-refractivity contribution in [1.82, 2.24) is 0 Å². The molecule has 0 aliphatic rings. The van der Waals surface area contributed by atoms with Crippen molar-refractivity contribution in [1.29, 1.82) is 0 Å². The fourth-order valence-electron chi connectivity index (χ4n) is 1.97. The molecule has 1 N–H and O–H groups in total. The number of hydrogen-bond donors (Lipinski definition) is 1. The minimum Gasteiger partial charge on any atom is -0.489 e. The second-order valence-electron chi connectivity index (χ2n) is 5.03. The number of carboxylic acid groups (broad SMARTS) is 1. The molecule has 0 unspecified atom stereocenters. The Kier molecular flexibility index (Phi) is 4.12. The molecule has 0 fully saturated rings. The molecular formula is C16H16O5. The number of fused-ring (bicyclic) bond motifs is 1. The van der Waals surface area contributed by atoms with Crippen molar-refractivity contribution in [2.45, 2.75) is 19.8 Å². The molecule has 5 heteroatoms. The van der Waals surface area contributed by atoms with Crippen LogP contribution in [0.1, 0.15) is 25.3 Å². The fraction of sp³-hybridized carbons (Fsp3) is 0.250. The van der Waals surface area contributed by atoms with Crippen molar-refractivity contribution in [3.8, 4) is 5.75 Å². The summed E-state index contributed by atoms with van der Waals surface area (Å²) in [5.74, 6) is -0.492. The summed E-state index contributed by atoms with van der Waals surface area (Å²) in [5, 5.41) is 9.57. The third-order valence-corrected chi connectivity index (χ3v) is 3.09. The van der Waals surface area contributed by atoms with Crippen LogP contribution in [0.15, 0.2) is 45.6 Å². The Hall–Kier alpha value is -2.56. The van der Waals surface area contributed by atoms with Crippen LogP contribution in [0.25, 0.3) is 11.0 Å². The first-order chi connectivity index (χ1) is 9.88.